The molecule has 0 bridgehead atoms. The van der Waals surface area contributed by atoms with Crippen molar-refractivity contribution in [3.8, 4) is 6.07 Å². The Bertz CT molecular complexity index is 518. The average Bonchev–Trinajstić information content (AvgIpc) is 2.28. The number of carboxylic acid groups (broad SMARTS) is 1. The number of rotatable bonds is 3. The van der Waals surface area contributed by atoms with Gasteiger partial charge in [0.1, 0.15) is 6.07 Å². The number of halogens is 1. The Hall–Kier alpha value is -1.73. The monoisotopic (exact) mass is 264 g/mol. The molecule has 2 rings (SSSR count). The van der Waals surface area contributed by atoms with Crippen LogP contribution in [-0.4, -0.2) is 24.2 Å². The number of carboxylic acids is 1. The minimum absolute atomic E-state index is 0.143. The summed E-state index contributed by atoms with van der Waals surface area (Å²) in [5, 5.41) is 18.5. The zero-order valence-electron chi connectivity index (χ0n) is 9.93. The lowest BCUT2D eigenvalue weighted by atomic mass is 9.86. The number of nitriles is 1. The van der Waals surface area contributed by atoms with Crippen molar-refractivity contribution in [3.05, 3.63) is 28.8 Å². The van der Waals surface area contributed by atoms with Crippen LogP contribution in [0.4, 0.5) is 5.69 Å². The molecule has 0 aromatic heterocycles. The van der Waals surface area contributed by atoms with E-state index in [2.05, 4.69) is 6.07 Å². The van der Waals surface area contributed by atoms with E-state index in [1.54, 1.807) is 19.1 Å². The summed E-state index contributed by atoms with van der Waals surface area (Å²) in [5.74, 6) is -0.972. The van der Waals surface area contributed by atoms with Crippen LogP contribution in [0.5, 0.6) is 0 Å². The van der Waals surface area contributed by atoms with Crippen LogP contribution in [-0.2, 0) is 4.79 Å². The smallest absolute Gasteiger partial charge is 0.306 e. The van der Waals surface area contributed by atoms with Gasteiger partial charge >= 0.3 is 5.97 Å². The molecule has 94 valence electrons. The molecule has 1 N–H and O–H groups in total. The first kappa shape index (κ1) is 12.7. The van der Waals surface area contributed by atoms with Gasteiger partial charge in [0.05, 0.1) is 17.2 Å². The second-order valence-corrected chi connectivity index (χ2v) is 5.00. The third kappa shape index (κ3) is 2.27. The molecular formula is C13H13ClN2O2. The van der Waals surface area contributed by atoms with Gasteiger partial charge in [0.2, 0.25) is 0 Å². The molecule has 1 aromatic rings. The van der Waals surface area contributed by atoms with Gasteiger partial charge in [-0.3, -0.25) is 4.79 Å². The summed E-state index contributed by atoms with van der Waals surface area (Å²) in [6.07, 6.45) is 0. The third-order valence-electron chi connectivity index (χ3n) is 3.43. The summed E-state index contributed by atoms with van der Waals surface area (Å²) in [6.45, 7) is 3.06. The van der Waals surface area contributed by atoms with Gasteiger partial charge in [0.25, 0.3) is 0 Å². The summed E-state index contributed by atoms with van der Waals surface area (Å²) in [4.78, 5) is 12.9. The molecule has 0 spiro atoms. The van der Waals surface area contributed by atoms with Crippen molar-refractivity contribution in [2.75, 3.05) is 18.0 Å². The van der Waals surface area contributed by atoms with Crippen LogP contribution in [0.2, 0.25) is 5.02 Å². The van der Waals surface area contributed by atoms with Crippen molar-refractivity contribution in [1.29, 1.82) is 5.26 Å². The largest absolute Gasteiger partial charge is 0.481 e. The molecule has 0 amide bonds. The van der Waals surface area contributed by atoms with Crippen molar-refractivity contribution in [1.82, 2.24) is 0 Å². The third-order valence-corrected chi connectivity index (χ3v) is 3.66. The predicted octanol–water partition coefficient (Wildman–Crippen LogP) is 2.37. The fourth-order valence-electron chi connectivity index (χ4n) is 2.10. The van der Waals surface area contributed by atoms with Gasteiger partial charge in [-0.2, -0.15) is 5.26 Å². The second kappa shape index (κ2) is 4.87. The van der Waals surface area contributed by atoms with E-state index in [4.69, 9.17) is 22.0 Å². The van der Waals surface area contributed by atoms with Gasteiger partial charge in [-0.15, -0.1) is 0 Å². The standard InChI is InChI=1S/C13H13ClN2O2/c1-8(13(17)18)10-6-16(7-10)12-3-2-11(14)4-9(12)5-15/h2-4,8,10H,6-7H2,1H3,(H,17,18). The Balaban J connectivity index is 2.09. The Labute approximate surface area is 110 Å². The SMILES string of the molecule is CC(C(=O)O)C1CN(c2ccc(Cl)cc2C#N)C1. The molecule has 1 saturated heterocycles. The van der Waals surface area contributed by atoms with E-state index in [0.29, 0.717) is 23.7 Å². The molecule has 0 radical (unpaired) electrons. The van der Waals surface area contributed by atoms with E-state index < -0.39 is 5.97 Å². The maximum Gasteiger partial charge on any atom is 0.306 e. The lowest BCUT2D eigenvalue weighted by molar-refractivity contribution is -0.143. The molecule has 1 aliphatic heterocycles. The van der Waals surface area contributed by atoms with E-state index in [1.807, 2.05) is 11.0 Å². The molecule has 1 fully saturated rings. The molecule has 1 atom stereocenters. The quantitative estimate of drug-likeness (QED) is 0.910. The average molecular weight is 265 g/mol. The Morgan fingerprint density at radius 1 is 1.61 bits per heavy atom. The molecule has 1 aromatic carbocycles. The van der Waals surface area contributed by atoms with Crippen LogP contribution >= 0.6 is 11.6 Å². The first-order valence-corrected chi connectivity index (χ1v) is 6.08. The van der Waals surface area contributed by atoms with Gasteiger partial charge in [-0.1, -0.05) is 18.5 Å². The summed E-state index contributed by atoms with van der Waals surface area (Å²) < 4.78 is 0. The molecule has 0 aliphatic carbocycles. The van der Waals surface area contributed by atoms with Crippen molar-refractivity contribution < 1.29 is 9.90 Å². The predicted molar refractivity (Wildman–Crippen MR) is 68.7 cm³/mol. The number of nitrogens with zero attached hydrogens (tertiary/aromatic N) is 2. The zero-order valence-corrected chi connectivity index (χ0v) is 10.7. The molecule has 1 aliphatic rings. The van der Waals surface area contributed by atoms with Crippen LogP contribution < -0.4 is 4.90 Å². The number of anilines is 1. The van der Waals surface area contributed by atoms with Crippen LogP contribution in [0.1, 0.15) is 12.5 Å². The summed E-state index contributed by atoms with van der Waals surface area (Å²) in [5.41, 5.74) is 1.36. The second-order valence-electron chi connectivity index (χ2n) is 4.57. The van der Waals surface area contributed by atoms with Gasteiger partial charge in [0, 0.05) is 24.0 Å². The molecule has 5 heteroatoms. The highest BCUT2D eigenvalue weighted by atomic mass is 35.5. The summed E-state index contributed by atoms with van der Waals surface area (Å²) >= 11 is 5.83. The van der Waals surface area contributed by atoms with Crippen LogP contribution in [0.25, 0.3) is 0 Å². The summed E-state index contributed by atoms with van der Waals surface area (Å²) in [7, 11) is 0. The fraction of sp³-hybridized carbons (Fsp3) is 0.385. The Morgan fingerprint density at radius 3 is 2.83 bits per heavy atom. The highest BCUT2D eigenvalue weighted by Crippen LogP contribution is 2.32. The van der Waals surface area contributed by atoms with Gasteiger partial charge in [-0.25, -0.2) is 0 Å². The van der Waals surface area contributed by atoms with E-state index in [1.165, 1.54) is 0 Å². The molecule has 4 nitrogen and oxygen atoms in total. The number of hydrogen-bond donors (Lipinski definition) is 1. The molecule has 0 saturated carbocycles. The number of carbonyl (C=O) groups is 1. The summed E-state index contributed by atoms with van der Waals surface area (Å²) in [6, 6.07) is 7.29. The maximum absolute atomic E-state index is 10.9. The maximum atomic E-state index is 10.9. The molecule has 1 unspecified atom stereocenters. The lowest BCUT2D eigenvalue weighted by Gasteiger charge is -2.43. The lowest BCUT2D eigenvalue weighted by Crippen LogP contribution is -2.51. The van der Waals surface area contributed by atoms with E-state index in [-0.39, 0.29) is 11.8 Å². The van der Waals surface area contributed by atoms with Crippen LogP contribution in [0.15, 0.2) is 18.2 Å². The van der Waals surface area contributed by atoms with E-state index >= 15 is 0 Å². The minimum Gasteiger partial charge on any atom is -0.481 e. The first-order chi connectivity index (χ1) is 8.52. The normalized spacial score (nSPS) is 16.8. The highest BCUT2D eigenvalue weighted by molar-refractivity contribution is 6.30. The van der Waals surface area contributed by atoms with Crippen molar-refractivity contribution in [2.24, 2.45) is 11.8 Å². The Kier molecular flexibility index (Phi) is 3.44. The van der Waals surface area contributed by atoms with Crippen LogP contribution in [0.3, 0.4) is 0 Å². The molecule has 18 heavy (non-hydrogen) atoms. The first-order valence-electron chi connectivity index (χ1n) is 5.70. The Morgan fingerprint density at radius 2 is 2.28 bits per heavy atom. The van der Waals surface area contributed by atoms with E-state index in [0.717, 1.165) is 5.69 Å². The molecule has 1 heterocycles. The van der Waals surface area contributed by atoms with Gasteiger partial charge < -0.3 is 10.0 Å². The van der Waals surface area contributed by atoms with Crippen molar-refractivity contribution in [2.45, 2.75) is 6.92 Å². The highest BCUT2D eigenvalue weighted by Gasteiger charge is 2.35. The minimum atomic E-state index is -0.767. The van der Waals surface area contributed by atoms with Gasteiger partial charge in [-0.05, 0) is 18.2 Å². The number of hydrogen-bond acceptors (Lipinski definition) is 3. The van der Waals surface area contributed by atoms with Crippen molar-refractivity contribution >= 4 is 23.3 Å². The van der Waals surface area contributed by atoms with Gasteiger partial charge in [0.15, 0.2) is 0 Å². The van der Waals surface area contributed by atoms with E-state index in [9.17, 15) is 4.79 Å². The van der Waals surface area contributed by atoms with Crippen molar-refractivity contribution in [3.63, 3.8) is 0 Å². The zero-order chi connectivity index (χ0) is 13.3. The number of aliphatic carboxylic acids is 1. The topological polar surface area (TPSA) is 64.3 Å². The molecular weight excluding hydrogens is 252 g/mol. The fourth-order valence-corrected chi connectivity index (χ4v) is 2.27. The van der Waals surface area contributed by atoms with Crippen LogP contribution in [0, 0.1) is 23.2 Å². The number of benzene rings is 1.